The van der Waals surface area contributed by atoms with Gasteiger partial charge < -0.3 is 9.64 Å². The Morgan fingerprint density at radius 3 is 1.72 bits per heavy atom. The summed E-state index contributed by atoms with van der Waals surface area (Å²) in [6.07, 6.45) is 39.6. The molecule has 0 aromatic heterocycles. The third-order valence-corrected chi connectivity index (χ3v) is 10.5. The van der Waals surface area contributed by atoms with E-state index in [1.807, 2.05) is 0 Å². The number of likely N-dealkylation sites (tertiary alicyclic amines) is 2. The molecule has 46 heavy (non-hydrogen) atoms. The van der Waals surface area contributed by atoms with Crippen LogP contribution in [0.15, 0.2) is 12.2 Å². The van der Waals surface area contributed by atoms with E-state index in [9.17, 15) is 9.59 Å². The minimum absolute atomic E-state index is 0.0264. The zero-order valence-electron chi connectivity index (χ0n) is 30.8. The highest BCUT2D eigenvalue weighted by Crippen LogP contribution is 2.31. The van der Waals surface area contributed by atoms with Crippen molar-refractivity contribution in [3.05, 3.63) is 12.2 Å². The number of allylic oxidation sites excluding steroid dienone is 2. The topological polar surface area (TPSA) is 49.9 Å². The molecule has 0 bridgehead atoms. The van der Waals surface area contributed by atoms with Crippen molar-refractivity contribution < 1.29 is 14.3 Å². The zero-order valence-corrected chi connectivity index (χ0v) is 30.8. The second-order valence-corrected chi connectivity index (χ2v) is 14.6. The van der Waals surface area contributed by atoms with E-state index in [4.69, 9.17) is 4.74 Å². The van der Waals surface area contributed by atoms with E-state index < -0.39 is 0 Å². The SMILES string of the molecule is CCCCCCCC/C=C\CCCCCCC[C@@H]1[C@@H](C(=O)OCCN2CCCCC2)CC(=O)N1CCCCCCCCCCCC. The molecule has 0 aromatic rings. The first-order valence-corrected chi connectivity index (χ1v) is 20.5. The van der Waals surface area contributed by atoms with Crippen LogP contribution in [0.1, 0.15) is 194 Å². The summed E-state index contributed by atoms with van der Waals surface area (Å²) < 4.78 is 5.82. The van der Waals surface area contributed by atoms with E-state index in [1.54, 1.807) is 0 Å². The van der Waals surface area contributed by atoms with Gasteiger partial charge in [-0.1, -0.05) is 148 Å². The standard InChI is InChI=1S/C41H76N2O3/c1-3-5-7-9-11-13-15-16-17-18-19-20-22-24-27-31-39-38(41(45)46-36-35-42-32-28-26-29-33-42)37-40(44)43(39)34-30-25-23-21-14-12-10-8-6-4-2/h16-17,38-39H,3-15,18-37H2,1-2H3/b17-16-/t38-,39+/m0/s1. The predicted molar refractivity (Wildman–Crippen MR) is 196 cm³/mol. The van der Waals surface area contributed by atoms with Crippen LogP contribution in [0.25, 0.3) is 0 Å². The zero-order chi connectivity index (χ0) is 32.9. The molecule has 2 fully saturated rings. The van der Waals surface area contributed by atoms with Crippen LogP contribution < -0.4 is 0 Å². The van der Waals surface area contributed by atoms with Gasteiger partial charge in [-0.15, -0.1) is 0 Å². The molecule has 2 aliphatic rings. The molecule has 0 aromatic carbocycles. The molecular formula is C41H76N2O3. The summed E-state index contributed by atoms with van der Waals surface area (Å²) in [6, 6.07) is 0.0264. The Labute approximate surface area is 286 Å². The summed E-state index contributed by atoms with van der Waals surface area (Å²) in [6.45, 7) is 8.88. The minimum atomic E-state index is -0.284. The van der Waals surface area contributed by atoms with Crippen molar-refractivity contribution in [1.82, 2.24) is 9.80 Å². The first-order chi connectivity index (χ1) is 22.7. The molecule has 2 rings (SSSR count). The Morgan fingerprint density at radius 1 is 0.652 bits per heavy atom. The van der Waals surface area contributed by atoms with Gasteiger partial charge in [0.05, 0.1) is 5.92 Å². The maximum Gasteiger partial charge on any atom is 0.311 e. The molecule has 0 aliphatic carbocycles. The van der Waals surface area contributed by atoms with Gasteiger partial charge >= 0.3 is 5.97 Å². The lowest BCUT2D eigenvalue weighted by atomic mass is 9.94. The number of unbranched alkanes of at least 4 members (excludes halogenated alkanes) is 20. The third-order valence-electron chi connectivity index (χ3n) is 10.5. The average Bonchev–Trinajstić information content (AvgIpc) is 3.38. The maximum atomic E-state index is 13.3. The van der Waals surface area contributed by atoms with Crippen LogP contribution >= 0.6 is 0 Å². The molecule has 5 heteroatoms. The fourth-order valence-corrected chi connectivity index (χ4v) is 7.49. The van der Waals surface area contributed by atoms with Gasteiger partial charge in [-0.3, -0.25) is 14.5 Å². The summed E-state index contributed by atoms with van der Waals surface area (Å²) in [7, 11) is 0. The molecule has 268 valence electrons. The molecule has 0 radical (unpaired) electrons. The maximum absolute atomic E-state index is 13.3. The molecule has 1 amide bonds. The summed E-state index contributed by atoms with van der Waals surface area (Å²) in [5.74, 6) is -0.242. The first-order valence-electron chi connectivity index (χ1n) is 20.5. The first kappa shape index (κ1) is 40.8. The molecule has 5 nitrogen and oxygen atoms in total. The van der Waals surface area contributed by atoms with E-state index in [-0.39, 0.29) is 23.8 Å². The second-order valence-electron chi connectivity index (χ2n) is 14.6. The van der Waals surface area contributed by atoms with Gasteiger partial charge in [-0.2, -0.15) is 0 Å². The lowest BCUT2D eigenvalue weighted by molar-refractivity contribution is -0.150. The fraction of sp³-hybridized carbons (Fsp3) is 0.902. The van der Waals surface area contributed by atoms with Crippen LogP contribution in [0.2, 0.25) is 0 Å². The van der Waals surface area contributed by atoms with Crippen molar-refractivity contribution in [2.75, 3.05) is 32.8 Å². The van der Waals surface area contributed by atoms with Gasteiger partial charge in [-0.05, 0) is 64.5 Å². The van der Waals surface area contributed by atoms with Gasteiger partial charge in [0.1, 0.15) is 6.61 Å². The number of rotatable bonds is 30. The summed E-state index contributed by atoms with van der Waals surface area (Å²) in [5, 5.41) is 0. The van der Waals surface area contributed by atoms with Crippen molar-refractivity contribution in [2.45, 2.75) is 200 Å². The lowest BCUT2D eigenvalue weighted by Crippen LogP contribution is -2.39. The van der Waals surface area contributed by atoms with Gasteiger partial charge in [0.25, 0.3) is 0 Å². The molecule has 0 spiro atoms. The number of amides is 1. The van der Waals surface area contributed by atoms with E-state index in [0.29, 0.717) is 13.0 Å². The van der Waals surface area contributed by atoms with E-state index in [2.05, 4.69) is 35.8 Å². The molecular weight excluding hydrogens is 568 g/mol. The smallest absolute Gasteiger partial charge is 0.311 e. The average molecular weight is 645 g/mol. The molecule has 2 atom stereocenters. The normalized spacial score (nSPS) is 19.1. The Bertz CT molecular complexity index is 763. The lowest BCUT2D eigenvalue weighted by Gasteiger charge is -2.28. The largest absolute Gasteiger partial charge is 0.464 e. The molecule has 2 saturated heterocycles. The Kier molecular flexibility index (Phi) is 25.4. The van der Waals surface area contributed by atoms with Crippen LogP contribution in [0, 0.1) is 5.92 Å². The number of esters is 1. The van der Waals surface area contributed by atoms with E-state index in [0.717, 1.165) is 45.4 Å². The van der Waals surface area contributed by atoms with Crippen LogP contribution in [0.4, 0.5) is 0 Å². The molecule has 0 unspecified atom stereocenters. The minimum Gasteiger partial charge on any atom is -0.464 e. The highest BCUT2D eigenvalue weighted by atomic mass is 16.5. The van der Waals surface area contributed by atoms with Gasteiger partial charge in [0.15, 0.2) is 0 Å². The van der Waals surface area contributed by atoms with Crippen molar-refractivity contribution in [3.8, 4) is 0 Å². The van der Waals surface area contributed by atoms with Crippen molar-refractivity contribution in [1.29, 1.82) is 0 Å². The van der Waals surface area contributed by atoms with Crippen molar-refractivity contribution in [2.24, 2.45) is 5.92 Å². The number of ether oxygens (including phenoxy) is 1. The van der Waals surface area contributed by atoms with Gasteiger partial charge in [0.2, 0.25) is 5.91 Å². The second kappa shape index (κ2) is 28.6. The van der Waals surface area contributed by atoms with Crippen molar-refractivity contribution >= 4 is 11.9 Å². The summed E-state index contributed by atoms with van der Waals surface area (Å²) in [4.78, 5) is 30.9. The van der Waals surface area contributed by atoms with Gasteiger partial charge in [0, 0.05) is 25.6 Å². The quantitative estimate of drug-likeness (QED) is 0.0443. The van der Waals surface area contributed by atoms with Crippen LogP contribution in [-0.4, -0.2) is 60.5 Å². The van der Waals surface area contributed by atoms with Crippen molar-refractivity contribution in [3.63, 3.8) is 0 Å². The van der Waals surface area contributed by atoms with Crippen LogP contribution in [0.5, 0.6) is 0 Å². The third kappa shape index (κ3) is 19.5. The molecule has 2 aliphatic heterocycles. The summed E-state index contributed by atoms with van der Waals surface area (Å²) in [5.41, 5.74) is 0. The molecule has 0 N–H and O–H groups in total. The van der Waals surface area contributed by atoms with Gasteiger partial charge in [-0.25, -0.2) is 0 Å². The highest BCUT2D eigenvalue weighted by molar-refractivity contribution is 5.87. The number of hydrogen-bond acceptors (Lipinski definition) is 4. The Balaban J connectivity index is 1.68. The predicted octanol–water partition coefficient (Wildman–Crippen LogP) is 11.2. The molecule has 0 saturated carbocycles. The monoisotopic (exact) mass is 645 g/mol. The van der Waals surface area contributed by atoms with Crippen LogP contribution in [0.3, 0.4) is 0 Å². The van der Waals surface area contributed by atoms with E-state index >= 15 is 0 Å². The number of hydrogen-bond donors (Lipinski definition) is 0. The number of carbonyl (C=O) groups is 2. The number of nitrogens with zero attached hydrogens (tertiary/aromatic N) is 2. The number of carbonyl (C=O) groups excluding carboxylic acids is 2. The Hall–Kier alpha value is -1.36. The molecule has 2 heterocycles. The highest BCUT2D eigenvalue weighted by Gasteiger charge is 2.43. The summed E-state index contributed by atoms with van der Waals surface area (Å²) >= 11 is 0. The fourth-order valence-electron chi connectivity index (χ4n) is 7.49. The van der Waals surface area contributed by atoms with Crippen LogP contribution in [-0.2, 0) is 14.3 Å². The number of piperidine rings is 1. The Morgan fingerprint density at radius 2 is 1.15 bits per heavy atom. The van der Waals surface area contributed by atoms with E-state index in [1.165, 1.54) is 154 Å².